The smallest absolute Gasteiger partial charge is 0.238 e. The predicted molar refractivity (Wildman–Crippen MR) is 93.5 cm³/mol. The van der Waals surface area contributed by atoms with Crippen LogP contribution in [0, 0.1) is 11.3 Å². The highest BCUT2D eigenvalue weighted by Crippen LogP contribution is 2.10. The monoisotopic (exact) mass is 323 g/mol. The van der Waals surface area contributed by atoms with Gasteiger partial charge in [0.1, 0.15) is 0 Å². The zero-order valence-corrected chi connectivity index (χ0v) is 13.5. The van der Waals surface area contributed by atoms with E-state index >= 15 is 0 Å². The van der Waals surface area contributed by atoms with Crippen molar-refractivity contribution in [3.05, 3.63) is 65.7 Å². The Morgan fingerprint density at radius 1 is 1.12 bits per heavy atom. The SMILES string of the molecule is N#Cc1cccc(NC(=O)CN(CCO)CCc2ccccc2)c1. The maximum atomic E-state index is 12.2. The Labute approximate surface area is 142 Å². The first-order chi connectivity index (χ1) is 11.7. The first-order valence-corrected chi connectivity index (χ1v) is 7.88. The lowest BCUT2D eigenvalue weighted by Gasteiger charge is -2.20. The van der Waals surface area contributed by atoms with Gasteiger partial charge in [0.2, 0.25) is 5.91 Å². The van der Waals surface area contributed by atoms with E-state index in [0.29, 0.717) is 24.3 Å². The van der Waals surface area contributed by atoms with Gasteiger partial charge < -0.3 is 10.4 Å². The largest absolute Gasteiger partial charge is 0.395 e. The summed E-state index contributed by atoms with van der Waals surface area (Å²) in [5.41, 5.74) is 2.30. The van der Waals surface area contributed by atoms with Gasteiger partial charge in [0.15, 0.2) is 0 Å². The molecule has 0 atom stereocenters. The summed E-state index contributed by atoms with van der Waals surface area (Å²) >= 11 is 0. The quantitative estimate of drug-likeness (QED) is 0.779. The number of rotatable bonds is 8. The van der Waals surface area contributed by atoms with E-state index < -0.39 is 0 Å². The standard InChI is InChI=1S/C19H21N3O2/c20-14-17-7-4-8-18(13-17)21-19(24)15-22(11-12-23)10-9-16-5-2-1-3-6-16/h1-8,13,23H,9-12,15H2,(H,21,24). The first kappa shape index (κ1) is 17.7. The van der Waals surface area contributed by atoms with Crippen LogP contribution in [0.25, 0.3) is 0 Å². The third-order valence-corrected chi connectivity index (χ3v) is 3.62. The number of benzene rings is 2. The molecule has 2 aromatic rings. The predicted octanol–water partition coefficient (Wildman–Crippen LogP) is 2.03. The summed E-state index contributed by atoms with van der Waals surface area (Å²) in [5, 5.41) is 20.9. The van der Waals surface area contributed by atoms with Crippen LogP contribution in [-0.2, 0) is 11.2 Å². The molecule has 0 aliphatic heterocycles. The molecule has 0 heterocycles. The molecule has 5 heteroatoms. The average Bonchev–Trinajstić information content (AvgIpc) is 2.61. The van der Waals surface area contributed by atoms with Gasteiger partial charge in [0.25, 0.3) is 0 Å². The van der Waals surface area contributed by atoms with Gasteiger partial charge in [-0.05, 0) is 30.2 Å². The number of nitrogens with zero attached hydrogens (tertiary/aromatic N) is 2. The van der Waals surface area contributed by atoms with Crippen molar-refractivity contribution in [1.82, 2.24) is 4.90 Å². The molecule has 0 aliphatic rings. The highest BCUT2D eigenvalue weighted by Gasteiger charge is 2.11. The van der Waals surface area contributed by atoms with E-state index in [4.69, 9.17) is 5.26 Å². The molecule has 0 saturated heterocycles. The Bertz CT molecular complexity index is 695. The van der Waals surface area contributed by atoms with Gasteiger partial charge in [0.05, 0.1) is 24.8 Å². The van der Waals surface area contributed by atoms with E-state index in [-0.39, 0.29) is 19.1 Å². The lowest BCUT2D eigenvalue weighted by Crippen LogP contribution is -2.36. The minimum Gasteiger partial charge on any atom is -0.395 e. The van der Waals surface area contributed by atoms with Gasteiger partial charge >= 0.3 is 0 Å². The topological polar surface area (TPSA) is 76.4 Å². The molecule has 0 fully saturated rings. The molecule has 0 radical (unpaired) electrons. The molecule has 0 unspecified atom stereocenters. The summed E-state index contributed by atoms with van der Waals surface area (Å²) < 4.78 is 0. The fourth-order valence-corrected chi connectivity index (χ4v) is 2.41. The molecule has 2 aromatic carbocycles. The number of anilines is 1. The van der Waals surface area contributed by atoms with Crippen LogP contribution < -0.4 is 5.32 Å². The number of aliphatic hydroxyl groups is 1. The number of hydrogen-bond acceptors (Lipinski definition) is 4. The number of nitrogens with one attached hydrogen (secondary N) is 1. The van der Waals surface area contributed by atoms with Gasteiger partial charge in [-0.15, -0.1) is 0 Å². The van der Waals surface area contributed by atoms with E-state index in [0.717, 1.165) is 6.42 Å². The molecule has 0 bridgehead atoms. The van der Waals surface area contributed by atoms with Gasteiger partial charge in [-0.3, -0.25) is 9.69 Å². The second-order valence-corrected chi connectivity index (χ2v) is 5.48. The molecule has 0 aliphatic carbocycles. The molecular formula is C19H21N3O2. The number of nitriles is 1. The van der Waals surface area contributed by atoms with Gasteiger partial charge in [0, 0.05) is 18.8 Å². The molecule has 5 nitrogen and oxygen atoms in total. The number of carbonyl (C=O) groups excluding carboxylic acids is 1. The molecular weight excluding hydrogens is 302 g/mol. The molecule has 24 heavy (non-hydrogen) atoms. The third-order valence-electron chi connectivity index (χ3n) is 3.62. The van der Waals surface area contributed by atoms with Crippen molar-refractivity contribution in [2.24, 2.45) is 0 Å². The summed E-state index contributed by atoms with van der Waals surface area (Å²) in [7, 11) is 0. The zero-order valence-electron chi connectivity index (χ0n) is 13.5. The second-order valence-electron chi connectivity index (χ2n) is 5.48. The molecule has 0 spiro atoms. The van der Waals surface area contributed by atoms with E-state index in [1.165, 1.54) is 5.56 Å². The van der Waals surface area contributed by atoms with Crippen molar-refractivity contribution in [1.29, 1.82) is 5.26 Å². The maximum absolute atomic E-state index is 12.2. The Morgan fingerprint density at radius 3 is 2.62 bits per heavy atom. The van der Waals surface area contributed by atoms with Crippen LogP contribution in [-0.4, -0.2) is 42.2 Å². The van der Waals surface area contributed by atoms with Crippen LogP contribution in [0.5, 0.6) is 0 Å². The number of aliphatic hydroxyl groups excluding tert-OH is 1. The summed E-state index contributed by atoms with van der Waals surface area (Å²) in [6.07, 6.45) is 0.817. The minimum atomic E-state index is -0.161. The average molecular weight is 323 g/mol. The summed E-state index contributed by atoms with van der Waals surface area (Å²) in [4.78, 5) is 14.1. The van der Waals surface area contributed by atoms with E-state index in [2.05, 4.69) is 5.32 Å². The first-order valence-electron chi connectivity index (χ1n) is 7.88. The van der Waals surface area contributed by atoms with Crippen LogP contribution in [0.3, 0.4) is 0 Å². The van der Waals surface area contributed by atoms with Crippen LogP contribution in [0.2, 0.25) is 0 Å². The van der Waals surface area contributed by atoms with Crippen LogP contribution in [0.1, 0.15) is 11.1 Å². The van der Waals surface area contributed by atoms with E-state index in [1.807, 2.05) is 41.3 Å². The van der Waals surface area contributed by atoms with Gasteiger partial charge in [-0.1, -0.05) is 36.4 Å². The van der Waals surface area contributed by atoms with Crippen LogP contribution >= 0.6 is 0 Å². The normalized spacial score (nSPS) is 10.4. The van der Waals surface area contributed by atoms with Crippen molar-refractivity contribution < 1.29 is 9.90 Å². The number of carbonyl (C=O) groups is 1. The van der Waals surface area contributed by atoms with Crippen LogP contribution in [0.15, 0.2) is 54.6 Å². The lowest BCUT2D eigenvalue weighted by molar-refractivity contribution is -0.117. The molecule has 2 rings (SSSR count). The van der Waals surface area contributed by atoms with Crippen molar-refractivity contribution in [3.8, 4) is 6.07 Å². The fourth-order valence-electron chi connectivity index (χ4n) is 2.41. The van der Waals surface area contributed by atoms with Crippen LogP contribution in [0.4, 0.5) is 5.69 Å². The fraction of sp³-hybridized carbons (Fsp3) is 0.263. The summed E-state index contributed by atoms with van der Waals surface area (Å²) in [5.74, 6) is -0.161. The Morgan fingerprint density at radius 2 is 1.92 bits per heavy atom. The molecule has 1 amide bonds. The van der Waals surface area contributed by atoms with Crippen molar-refractivity contribution >= 4 is 11.6 Å². The number of hydrogen-bond donors (Lipinski definition) is 2. The Balaban J connectivity index is 1.89. The van der Waals surface area contributed by atoms with E-state index in [9.17, 15) is 9.90 Å². The Kier molecular flexibility index (Phi) is 6.96. The zero-order chi connectivity index (χ0) is 17.2. The lowest BCUT2D eigenvalue weighted by atomic mass is 10.1. The van der Waals surface area contributed by atoms with Gasteiger partial charge in [-0.2, -0.15) is 5.26 Å². The molecule has 0 aromatic heterocycles. The van der Waals surface area contributed by atoms with E-state index in [1.54, 1.807) is 24.3 Å². The number of amides is 1. The maximum Gasteiger partial charge on any atom is 0.238 e. The highest BCUT2D eigenvalue weighted by atomic mass is 16.3. The van der Waals surface area contributed by atoms with Crippen molar-refractivity contribution in [2.45, 2.75) is 6.42 Å². The Hall–Kier alpha value is -2.68. The third kappa shape index (κ3) is 5.84. The molecule has 2 N–H and O–H groups in total. The molecule has 0 saturated carbocycles. The second kappa shape index (κ2) is 9.46. The summed E-state index contributed by atoms with van der Waals surface area (Å²) in [6.45, 7) is 1.34. The highest BCUT2D eigenvalue weighted by molar-refractivity contribution is 5.92. The minimum absolute atomic E-state index is 0.00594. The molecule has 124 valence electrons. The van der Waals surface area contributed by atoms with Crippen molar-refractivity contribution in [3.63, 3.8) is 0 Å². The van der Waals surface area contributed by atoms with Crippen molar-refractivity contribution in [2.75, 3.05) is 31.6 Å². The summed E-state index contributed by atoms with van der Waals surface area (Å²) in [6, 6.07) is 18.9. The van der Waals surface area contributed by atoms with Gasteiger partial charge in [-0.25, -0.2) is 0 Å².